The SMILES string of the molecule is C[C@]12CC[C@H]3[C@@H](C/C(=N\O)[C@@]4(O)C/C(=N/O[C@H]5CCNC5)CC[C@]34C)[C@@H]1CCC2=O. The first-order chi connectivity index (χ1) is 14.3. The number of nitrogens with one attached hydrogen (secondary N) is 1. The van der Waals surface area contributed by atoms with Crippen molar-refractivity contribution in [3.05, 3.63) is 0 Å². The molecule has 0 aromatic heterocycles. The fraction of sp³-hybridized carbons (Fsp3) is 0.870. The molecule has 7 nitrogen and oxygen atoms in total. The Bertz CT molecular complexity index is 791. The van der Waals surface area contributed by atoms with Crippen LogP contribution in [-0.4, -0.2) is 52.3 Å². The van der Waals surface area contributed by atoms with Crippen molar-refractivity contribution in [2.75, 3.05) is 13.1 Å². The normalized spacial score (nSPS) is 51.0. The van der Waals surface area contributed by atoms with Gasteiger partial charge in [0.2, 0.25) is 0 Å². The molecular weight excluding hydrogens is 382 g/mol. The van der Waals surface area contributed by atoms with E-state index in [9.17, 15) is 15.1 Å². The van der Waals surface area contributed by atoms with E-state index in [1.807, 2.05) is 0 Å². The lowest BCUT2D eigenvalue weighted by Crippen LogP contribution is -2.66. The van der Waals surface area contributed by atoms with Crippen LogP contribution in [0.25, 0.3) is 0 Å². The Balaban J connectivity index is 1.43. The Hall–Kier alpha value is -1.47. The van der Waals surface area contributed by atoms with E-state index in [0.717, 1.165) is 57.3 Å². The van der Waals surface area contributed by atoms with Gasteiger partial charge in [-0.25, -0.2) is 0 Å². The molecule has 30 heavy (non-hydrogen) atoms. The van der Waals surface area contributed by atoms with Gasteiger partial charge in [0.05, 0.1) is 11.4 Å². The van der Waals surface area contributed by atoms with Crippen LogP contribution in [0.4, 0.5) is 0 Å². The third-order valence-corrected chi connectivity index (χ3v) is 9.68. The van der Waals surface area contributed by atoms with Crippen LogP contribution in [0.3, 0.4) is 0 Å². The number of carbonyl (C=O) groups excluding carboxylic acids is 1. The smallest absolute Gasteiger partial charge is 0.141 e. The van der Waals surface area contributed by atoms with Gasteiger partial charge >= 0.3 is 0 Å². The molecule has 166 valence electrons. The molecule has 0 aromatic carbocycles. The number of oxime groups is 2. The van der Waals surface area contributed by atoms with E-state index >= 15 is 0 Å². The quantitative estimate of drug-likeness (QED) is 0.473. The molecule has 0 amide bonds. The summed E-state index contributed by atoms with van der Waals surface area (Å²) in [5.41, 5.74) is -0.479. The number of hydrogen-bond donors (Lipinski definition) is 3. The molecule has 4 aliphatic carbocycles. The molecule has 0 bridgehead atoms. The van der Waals surface area contributed by atoms with E-state index in [1.165, 1.54) is 0 Å². The number of rotatable bonds is 2. The molecule has 1 saturated heterocycles. The first-order valence-electron chi connectivity index (χ1n) is 11.7. The zero-order valence-corrected chi connectivity index (χ0v) is 18.2. The maximum Gasteiger partial charge on any atom is 0.141 e. The van der Waals surface area contributed by atoms with Crippen LogP contribution >= 0.6 is 0 Å². The summed E-state index contributed by atoms with van der Waals surface area (Å²) in [6, 6.07) is 0. The second kappa shape index (κ2) is 7.02. The average molecular weight is 418 g/mol. The van der Waals surface area contributed by atoms with E-state index in [2.05, 4.69) is 29.5 Å². The monoisotopic (exact) mass is 417 g/mol. The summed E-state index contributed by atoms with van der Waals surface area (Å²) < 4.78 is 0. The Kier molecular flexibility index (Phi) is 4.78. The predicted octanol–water partition coefficient (Wildman–Crippen LogP) is 2.89. The van der Waals surface area contributed by atoms with Crippen LogP contribution < -0.4 is 5.32 Å². The first kappa shape index (κ1) is 20.4. The van der Waals surface area contributed by atoms with E-state index in [0.29, 0.717) is 48.5 Å². The Labute approximate surface area is 178 Å². The molecule has 0 spiro atoms. The van der Waals surface area contributed by atoms with Crippen molar-refractivity contribution in [1.29, 1.82) is 0 Å². The number of hydrogen-bond acceptors (Lipinski definition) is 7. The molecule has 7 atom stereocenters. The Morgan fingerprint density at radius 3 is 2.70 bits per heavy atom. The lowest BCUT2D eigenvalue weighted by Gasteiger charge is -2.62. The highest BCUT2D eigenvalue weighted by Crippen LogP contribution is 2.65. The van der Waals surface area contributed by atoms with Crippen molar-refractivity contribution >= 4 is 17.2 Å². The molecule has 1 heterocycles. The zero-order chi connectivity index (χ0) is 21.1. The lowest BCUT2D eigenvalue weighted by atomic mass is 9.43. The zero-order valence-electron chi connectivity index (χ0n) is 18.2. The van der Waals surface area contributed by atoms with Gasteiger partial charge in [0, 0.05) is 36.6 Å². The summed E-state index contributed by atoms with van der Waals surface area (Å²) in [4.78, 5) is 18.4. The fourth-order valence-electron chi connectivity index (χ4n) is 7.72. The molecule has 0 unspecified atom stereocenters. The van der Waals surface area contributed by atoms with E-state index in [-0.39, 0.29) is 16.9 Å². The minimum atomic E-state index is -1.20. The van der Waals surface area contributed by atoms with Crippen LogP contribution in [-0.2, 0) is 9.63 Å². The maximum absolute atomic E-state index is 12.6. The molecule has 5 aliphatic rings. The van der Waals surface area contributed by atoms with Gasteiger partial charge in [0.15, 0.2) is 0 Å². The summed E-state index contributed by atoms with van der Waals surface area (Å²) >= 11 is 0. The highest BCUT2D eigenvalue weighted by molar-refractivity contribution is 6.00. The molecule has 3 N–H and O–H groups in total. The van der Waals surface area contributed by atoms with Crippen molar-refractivity contribution in [1.82, 2.24) is 5.32 Å². The summed E-state index contributed by atoms with van der Waals surface area (Å²) in [5, 5.41) is 33.2. The number of carbonyl (C=O) groups is 1. The van der Waals surface area contributed by atoms with Crippen molar-refractivity contribution in [3.8, 4) is 0 Å². The summed E-state index contributed by atoms with van der Waals surface area (Å²) in [7, 11) is 0. The molecule has 1 aliphatic heterocycles. The van der Waals surface area contributed by atoms with Crippen LogP contribution in [0.5, 0.6) is 0 Å². The van der Waals surface area contributed by atoms with Gasteiger partial charge in [-0.2, -0.15) is 0 Å². The molecule has 7 heteroatoms. The summed E-state index contributed by atoms with van der Waals surface area (Å²) in [6.07, 6.45) is 7.04. The van der Waals surface area contributed by atoms with E-state index in [4.69, 9.17) is 4.84 Å². The van der Waals surface area contributed by atoms with Gasteiger partial charge in [-0.15, -0.1) is 0 Å². The average Bonchev–Trinajstić information content (AvgIpc) is 3.35. The fourth-order valence-corrected chi connectivity index (χ4v) is 7.72. The Morgan fingerprint density at radius 2 is 1.97 bits per heavy atom. The number of nitrogens with zero attached hydrogens (tertiary/aromatic N) is 2. The largest absolute Gasteiger partial charge is 0.411 e. The number of Topliss-reactive ketones (excluding diaryl/α,β-unsaturated/α-hetero) is 1. The van der Waals surface area contributed by atoms with Crippen LogP contribution in [0.1, 0.15) is 71.6 Å². The number of ketones is 1. The van der Waals surface area contributed by atoms with Crippen LogP contribution in [0.15, 0.2) is 10.3 Å². The highest BCUT2D eigenvalue weighted by atomic mass is 16.6. The lowest BCUT2D eigenvalue weighted by molar-refractivity contribution is -0.146. The number of fused-ring (bicyclic) bond motifs is 5. The second-order valence-electron chi connectivity index (χ2n) is 10.9. The standard InChI is InChI=1S/C23H35N3O4/c1-21-8-6-18-16(17(21)3-4-20(21)27)11-19(25-29)23(28)12-14(5-9-22(18,23)2)26-30-15-7-10-24-13-15/h15-18,24,28-29H,3-13H2,1-2H3/b25-19+,26-14+/t15-,16-,17-,18-,21-,22+,23-/m0/s1. The highest BCUT2D eigenvalue weighted by Gasteiger charge is 2.66. The van der Waals surface area contributed by atoms with E-state index in [1.54, 1.807) is 0 Å². The van der Waals surface area contributed by atoms with Gasteiger partial charge < -0.3 is 20.5 Å². The molecule has 5 rings (SSSR count). The maximum atomic E-state index is 12.6. The van der Waals surface area contributed by atoms with Crippen LogP contribution in [0, 0.1) is 28.6 Å². The van der Waals surface area contributed by atoms with Crippen molar-refractivity contribution in [2.24, 2.45) is 38.9 Å². The van der Waals surface area contributed by atoms with Gasteiger partial charge in [-0.3, -0.25) is 4.79 Å². The van der Waals surface area contributed by atoms with Crippen molar-refractivity contribution in [2.45, 2.75) is 83.3 Å². The minimum absolute atomic E-state index is 0.0955. The predicted molar refractivity (Wildman–Crippen MR) is 113 cm³/mol. The summed E-state index contributed by atoms with van der Waals surface area (Å²) in [6.45, 7) is 6.07. The third-order valence-electron chi connectivity index (χ3n) is 9.68. The molecule has 4 saturated carbocycles. The molecule has 5 fully saturated rings. The Morgan fingerprint density at radius 1 is 1.13 bits per heavy atom. The van der Waals surface area contributed by atoms with Gasteiger partial charge in [-0.1, -0.05) is 24.2 Å². The molecule has 0 aromatic rings. The van der Waals surface area contributed by atoms with Gasteiger partial charge in [0.1, 0.15) is 17.5 Å². The van der Waals surface area contributed by atoms with Crippen molar-refractivity contribution in [3.63, 3.8) is 0 Å². The molecule has 0 radical (unpaired) electrons. The van der Waals surface area contributed by atoms with Crippen molar-refractivity contribution < 1.29 is 19.9 Å². The van der Waals surface area contributed by atoms with Gasteiger partial charge in [0.25, 0.3) is 0 Å². The second-order valence-corrected chi connectivity index (χ2v) is 10.9. The van der Waals surface area contributed by atoms with E-state index < -0.39 is 5.60 Å². The summed E-state index contributed by atoms with van der Waals surface area (Å²) in [5.74, 6) is 1.36. The first-order valence-corrected chi connectivity index (χ1v) is 11.7. The minimum Gasteiger partial charge on any atom is -0.411 e. The number of aliphatic hydroxyl groups is 1. The third kappa shape index (κ3) is 2.73. The van der Waals surface area contributed by atoms with Crippen LogP contribution in [0.2, 0.25) is 0 Å². The topological polar surface area (TPSA) is 104 Å². The van der Waals surface area contributed by atoms with Gasteiger partial charge in [-0.05, 0) is 62.8 Å². The molecular formula is C23H35N3O4.